The van der Waals surface area contributed by atoms with Crippen LogP contribution >= 0.6 is 22.9 Å². The number of hydrazone groups is 1. The highest BCUT2D eigenvalue weighted by Gasteiger charge is 2.01. The van der Waals surface area contributed by atoms with Crippen LogP contribution in [0.25, 0.3) is 0 Å². The summed E-state index contributed by atoms with van der Waals surface area (Å²) in [5.74, 6) is 0.482. The first-order valence-corrected chi connectivity index (χ1v) is 6.79. The molecule has 0 fully saturated rings. The third-order valence-electron chi connectivity index (χ3n) is 2.39. The maximum absolute atomic E-state index is 6.18. The zero-order valence-electron chi connectivity index (χ0n) is 10.6. The van der Waals surface area contributed by atoms with Crippen LogP contribution in [0.2, 0.25) is 5.02 Å². The van der Waals surface area contributed by atoms with Crippen molar-refractivity contribution in [2.45, 2.75) is 0 Å². The van der Waals surface area contributed by atoms with Crippen molar-refractivity contribution < 1.29 is 0 Å². The second kappa shape index (κ2) is 5.90. The van der Waals surface area contributed by atoms with E-state index in [0.29, 0.717) is 16.0 Å². The second-order valence-corrected chi connectivity index (χ2v) is 5.31. The lowest BCUT2D eigenvalue weighted by Crippen LogP contribution is -2.08. The molecule has 1 aromatic carbocycles. The summed E-state index contributed by atoms with van der Waals surface area (Å²) >= 11 is 7.58. The molecule has 19 heavy (non-hydrogen) atoms. The van der Waals surface area contributed by atoms with Crippen LogP contribution in [0, 0.1) is 0 Å². The van der Waals surface area contributed by atoms with Gasteiger partial charge in [-0.25, -0.2) is 4.98 Å². The molecule has 1 heterocycles. The van der Waals surface area contributed by atoms with Crippen molar-refractivity contribution in [2.75, 3.05) is 30.2 Å². The van der Waals surface area contributed by atoms with Gasteiger partial charge in [-0.2, -0.15) is 5.10 Å². The zero-order chi connectivity index (χ0) is 13.8. The molecule has 0 aliphatic carbocycles. The Morgan fingerprint density at radius 3 is 2.84 bits per heavy atom. The number of hydrogen-bond donors (Lipinski definition) is 2. The SMILES string of the molecule is CN(C)c1ccc(C=NNc2nc(N)cs2)c(Cl)c1. The highest BCUT2D eigenvalue weighted by Crippen LogP contribution is 2.21. The molecule has 0 aliphatic rings. The van der Waals surface area contributed by atoms with Crippen LogP contribution in [0.15, 0.2) is 28.7 Å². The van der Waals surface area contributed by atoms with Crippen LogP contribution < -0.4 is 16.1 Å². The van der Waals surface area contributed by atoms with E-state index in [2.05, 4.69) is 15.5 Å². The number of halogens is 1. The first-order valence-electron chi connectivity index (χ1n) is 5.53. The summed E-state index contributed by atoms with van der Waals surface area (Å²) in [4.78, 5) is 6.02. The molecule has 100 valence electrons. The molecule has 7 heteroatoms. The lowest BCUT2D eigenvalue weighted by atomic mass is 10.2. The molecule has 0 bridgehead atoms. The Hall–Kier alpha value is -1.79. The van der Waals surface area contributed by atoms with Crippen LogP contribution in [-0.4, -0.2) is 25.3 Å². The summed E-state index contributed by atoms with van der Waals surface area (Å²) in [7, 11) is 3.93. The molecule has 5 nitrogen and oxygen atoms in total. The molecular formula is C12H14ClN5S. The Balaban J connectivity index is 2.06. The van der Waals surface area contributed by atoms with E-state index in [1.54, 1.807) is 11.6 Å². The Morgan fingerprint density at radius 2 is 2.26 bits per heavy atom. The van der Waals surface area contributed by atoms with Gasteiger partial charge < -0.3 is 10.6 Å². The van der Waals surface area contributed by atoms with Crippen molar-refractivity contribution >= 4 is 45.8 Å². The minimum absolute atomic E-state index is 0.482. The second-order valence-electron chi connectivity index (χ2n) is 4.05. The van der Waals surface area contributed by atoms with Gasteiger partial charge in [0, 0.05) is 30.7 Å². The molecule has 0 amide bonds. The number of aromatic nitrogens is 1. The Morgan fingerprint density at radius 1 is 1.47 bits per heavy atom. The molecule has 2 aromatic rings. The average Bonchev–Trinajstić information content (AvgIpc) is 2.77. The van der Waals surface area contributed by atoms with Gasteiger partial charge in [0.05, 0.1) is 11.2 Å². The zero-order valence-corrected chi connectivity index (χ0v) is 12.2. The fourth-order valence-corrected chi connectivity index (χ4v) is 2.17. The molecular weight excluding hydrogens is 282 g/mol. The largest absolute Gasteiger partial charge is 0.383 e. The Labute approximate surface area is 120 Å². The number of thiazole rings is 1. The van der Waals surface area contributed by atoms with Gasteiger partial charge in [-0.15, -0.1) is 11.3 Å². The van der Waals surface area contributed by atoms with Crippen molar-refractivity contribution in [3.63, 3.8) is 0 Å². The fraction of sp³-hybridized carbons (Fsp3) is 0.167. The molecule has 0 saturated heterocycles. The number of anilines is 3. The molecule has 3 N–H and O–H groups in total. The number of nitrogens with zero attached hydrogens (tertiary/aromatic N) is 3. The summed E-state index contributed by atoms with van der Waals surface area (Å²) in [6.45, 7) is 0. The van der Waals surface area contributed by atoms with Crippen LogP contribution in [0.1, 0.15) is 5.56 Å². The average molecular weight is 296 g/mol. The van der Waals surface area contributed by atoms with E-state index in [1.807, 2.05) is 37.2 Å². The van der Waals surface area contributed by atoms with Crippen LogP contribution in [-0.2, 0) is 0 Å². The minimum atomic E-state index is 0.482. The lowest BCUT2D eigenvalue weighted by molar-refractivity contribution is 1.13. The van der Waals surface area contributed by atoms with Gasteiger partial charge in [-0.1, -0.05) is 11.6 Å². The quantitative estimate of drug-likeness (QED) is 0.672. The smallest absolute Gasteiger partial charge is 0.205 e. The van der Waals surface area contributed by atoms with Crippen LogP contribution in [0.4, 0.5) is 16.6 Å². The molecule has 1 aromatic heterocycles. The van der Waals surface area contributed by atoms with Gasteiger partial charge in [0.2, 0.25) is 5.13 Å². The highest BCUT2D eigenvalue weighted by atomic mass is 35.5. The van der Waals surface area contributed by atoms with Crippen molar-refractivity contribution in [3.05, 3.63) is 34.2 Å². The van der Waals surface area contributed by atoms with Crippen LogP contribution in [0.5, 0.6) is 0 Å². The summed E-state index contributed by atoms with van der Waals surface area (Å²) in [6, 6.07) is 5.79. The number of rotatable bonds is 4. The van der Waals surface area contributed by atoms with Crippen LogP contribution in [0.3, 0.4) is 0 Å². The van der Waals surface area contributed by atoms with Crippen molar-refractivity contribution in [3.8, 4) is 0 Å². The van der Waals surface area contributed by atoms with Gasteiger partial charge in [-0.3, -0.25) is 5.43 Å². The monoisotopic (exact) mass is 295 g/mol. The molecule has 0 saturated carbocycles. The standard InChI is InChI=1S/C12H14ClN5S/c1-18(2)9-4-3-8(10(13)5-9)6-15-17-12-16-11(14)7-19-12/h3-7H,14H2,1-2H3,(H,16,17). The molecule has 0 aliphatic heterocycles. The third-order valence-corrected chi connectivity index (χ3v) is 3.48. The Kier molecular flexibility index (Phi) is 4.24. The van der Waals surface area contributed by atoms with Gasteiger partial charge in [0.1, 0.15) is 5.82 Å². The fourth-order valence-electron chi connectivity index (χ4n) is 1.39. The van der Waals surface area contributed by atoms with E-state index in [4.69, 9.17) is 17.3 Å². The van der Waals surface area contributed by atoms with Gasteiger partial charge >= 0.3 is 0 Å². The summed E-state index contributed by atoms with van der Waals surface area (Å²) < 4.78 is 0. The van der Waals surface area contributed by atoms with E-state index in [1.165, 1.54) is 11.3 Å². The van der Waals surface area contributed by atoms with E-state index in [0.717, 1.165) is 11.3 Å². The summed E-state index contributed by atoms with van der Waals surface area (Å²) in [5, 5.41) is 7.12. The number of nitrogen functional groups attached to an aromatic ring is 1. The van der Waals surface area contributed by atoms with Crippen molar-refractivity contribution in [1.82, 2.24) is 4.98 Å². The number of nitrogens with two attached hydrogens (primary N) is 1. The van der Waals surface area contributed by atoms with E-state index >= 15 is 0 Å². The summed E-state index contributed by atoms with van der Waals surface area (Å²) in [5.41, 5.74) is 10.2. The first-order chi connectivity index (χ1) is 9.06. The van der Waals surface area contributed by atoms with E-state index in [-0.39, 0.29) is 0 Å². The van der Waals surface area contributed by atoms with Gasteiger partial charge in [0.15, 0.2) is 0 Å². The number of hydrogen-bond acceptors (Lipinski definition) is 6. The van der Waals surface area contributed by atoms with E-state index < -0.39 is 0 Å². The third kappa shape index (κ3) is 3.59. The van der Waals surface area contributed by atoms with Crippen molar-refractivity contribution in [2.24, 2.45) is 5.10 Å². The molecule has 0 spiro atoms. The topological polar surface area (TPSA) is 66.5 Å². The normalized spacial score (nSPS) is 10.9. The predicted molar refractivity (Wildman–Crippen MR) is 83.5 cm³/mol. The maximum Gasteiger partial charge on any atom is 0.205 e. The lowest BCUT2D eigenvalue weighted by Gasteiger charge is -2.12. The first kappa shape index (κ1) is 13.6. The number of benzene rings is 1. The van der Waals surface area contributed by atoms with Gasteiger partial charge in [-0.05, 0) is 18.2 Å². The summed E-state index contributed by atoms with van der Waals surface area (Å²) in [6.07, 6.45) is 1.65. The molecule has 0 radical (unpaired) electrons. The number of nitrogens with one attached hydrogen (secondary N) is 1. The van der Waals surface area contributed by atoms with E-state index in [9.17, 15) is 0 Å². The minimum Gasteiger partial charge on any atom is -0.383 e. The molecule has 2 rings (SSSR count). The maximum atomic E-state index is 6.18. The molecule has 0 atom stereocenters. The predicted octanol–water partition coefficient (Wildman–Crippen LogP) is 2.89. The molecule has 0 unspecified atom stereocenters. The van der Waals surface area contributed by atoms with Crippen molar-refractivity contribution in [1.29, 1.82) is 0 Å². The van der Waals surface area contributed by atoms with Gasteiger partial charge in [0.25, 0.3) is 0 Å². The highest BCUT2D eigenvalue weighted by molar-refractivity contribution is 7.14. The Bertz CT molecular complexity index is 594.